The van der Waals surface area contributed by atoms with Gasteiger partial charge in [-0.1, -0.05) is 52.4 Å². The van der Waals surface area contributed by atoms with E-state index in [0.717, 1.165) is 22.0 Å². The molecule has 2 aromatic heterocycles. The van der Waals surface area contributed by atoms with Gasteiger partial charge in [0.05, 0.1) is 36.1 Å². The molecule has 0 bridgehead atoms. The molecule has 0 radical (unpaired) electrons. The van der Waals surface area contributed by atoms with Gasteiger partial charge in [0, 0.05) is 21.7 Å². The first-order valence-electron chi connectivity index (χ1n) is 13.6. The molecule has 1 atom stereocenters. The second-order valence-electron chi connectivity index (χ2n) is 9.71. The Hall–Kier alpha value is -3.89. The van der Waals surface area contributed by atoms with E-state index >= 15 is 0 Å². The lowest BCUT2D eigenvalue weighted by atomic mass is 9.94. The van der Waals surface area contributed by atoms with Crippen LogP contribution in [0.5, 0.6) is 11.5 Å². The quantitative estimate of drug-likeness (QED) is 0.209. The molecule has 1 aliphatic rings. The number of methoxy groups -OCH3 is 1. The maximum Gasteiger partial charge on any atom is 0.338 e. The lowest BCUT2D eigenvalue weighted by Crippen LogP contribution is -2.40. The largest absolute Gasteiger partial charge is 0.493 e. The average Bonchev–Trinajstić information content (AvgIpc) is 3.55. The summed E-state index contributed by atoms with van der Waals surface area (Å²) in [7, 11) is 1.56. The highest BCUT2D eigenvalue weighted by molar-refractivity contribution is 9.10. The molecule has 0 amide bonds. The lowest BCUT2D eigenvalue weighted by molar-refractivity contribution is -0.139. The van der Waals surface area contributed by atoms with Crippen molar-refractivity contribution in [1.29, 1.82) is 0 Å². The van der Waals surface area contributed by atoms with Gasteiger partial charge in [0.25, 0.3) is 5.56 Å². The van der Waals surface area contributed by atoms with Gasteiger partial charge in [0.15, 0.2) is 16.3 Å². The number of nitrogens with zero attached hydrogens (tertiary/aromatic N) is 2. The topological polar surface area (TPSA) is 92.3 Å². The number of ether oxygens (including phenoxy) is 3. The molecule has 0 unspecified atom stereocenters. The number of esters is 1. The minimum absolute atomic E-state index is 0.183. The number of allylic oxidation sites excluding steroid dienone is 1. The van der Waals surface area contributed by atoms with E-state index in [-0.39, 0.29) is 17.7 Å². The Labute approximate surface area is 255 Å². The van der Waals surface area contributed by atoms with E-state index in [9.17, 15) is 9.59 Å². The Morgan fingerprint density at radius 1 is 1.17 bits per heavy atom. The number of hydrogen-bond acceptors (Lipinski definition) is 8. The van der Waals surface area contributed by atoms with Crippen molar-refractivity contribution in [3.63, 3.8) is 0 Å². The van der Waals surface area contributed by atoms with Gasteiger partial charge in [-0.2, -0.15) is 0 Å². The second-order valence-corrected chi connectivity index (χ2v) is 11.6. The molecule has 8 nitrogen and oxygen atoms in total. The van der Waals surface area contributed by atoms with Crippen molar-refractivity contribution < 1.29 is 23.4 Å². The van der Waals surface area contributed by atoms with Crippen molar-refractivity contribution in [2.75, 3.05) is 20.3 Å². The van der Waals surface area contributed by atoms with Crippen molar-refractivity contribution in [2.24, 2.45) is 4.99 Å². The van der Waals surface area contributed by atoms with Gasteiger partial charge < -0.3 is 18.6 Å². The first-order chi connectivity index (χ1) is 20.3. The van der Waals surface area contributed by atoms with Crippen LogP contribution in [0, 0.1) is 6.92 Å². The summed E-state index contributed by atoms with van der Waals surface area (Å²) < 4.78 is 26.2. The summed E-state index contributed by atoms with van der Waals surface area (Å²) in [6.45, 7) is 8.14. The zero-order chi connectivity index (χ0) is 30.0. The predicted molar refractivity (Wildman–Crippen MR) is 166 cm³/mol. The Kier molecular flexibility index (Phi) is 8.84. The number of rotatable bonds is 9. The predicted octanol–water partition coefficient (Wildman–Crippen LogP) is 5.93. The van der Waals surface area contributed by atoms with Gasteiger partial charge in [-0.25, -0.2) is 9.79 Å². The van der Waals surface area contributed by atoms with Crippen LogP contribution in [0.4, 0.5) is 0 Å². The molecule has 5 rings (SSSR count). The number of thiazole rings is 1. The highest BCUT2D eigenvalue weighted by atomic mass is 79.9. The highest BCUT2D eigenvalue weighted by Gasteiger charge is 2.36. The third kappa shape index (κ3) is 5.61. The standard InChI is InChI=1S/C32H31BrN2O6S/c1-6-15-40-29-22(9-8-10-25(29)38-5)28-27(31(37)39-7-2)19(4)34-32-35(28)30(36)26(42-32)17-20-12-14-24(41-20)21-13-11-18(3)16-23(21)33/h8-14,16-17,28H,6-7,15H2,1-5H3/b26-17+/t28-/m0/s1. The van der Waals surface area contributed by atoms with Crippen LogP contribution in [0.2, 0.25) is 0 Å². The smallest absolute Gasteiger partial charge is 0.338 e. The SMILES string of the molecule is CCCOc1c(OC)cccc1[C@H]1C(C(=O)OCC)=C(C)N=c2s/c(=C/c3ccc(-c4ccc(C)cc4Br)o3)c(=O)n21. The average molecular weight is 652 g/mol. The third-order valence-corrected chi connectivity index (χ3v) is 8.42. The number of hydrogen-bond donors (Lipinski definition) is 0. The summed E-state index contributed by atoms with van der Waals surface area (Å²) in [6, 6.07) is 14.3. The van der Waals surface area contributed by atoms with Crippen molar-refractivity contribution in [3.8, 4) is 22.8 Å². The van der Waals surface area contributed by atoms with E-state index in [0.29, 0.717) is 50.2 Å². The second kappa shape index (κ2) is 12.5. The van der Waals surface area contributed by atoms with Crippen LogP contribution in [-0.4, -0.2) is 30.9 Å². The van der Waals surface area contributed by atoms with Crippen LogP contribution in [0.1, 0.15) is 50.1 Å². The van der Waals surface area contributed by atoms with Gasteiger partial charge in [-0.3, -0.25) is 9.36 Å². The van der Waals surface area contributed by atoms with Gasteiger partial charge in [-0.05, 0) is 63.1 Å². The monoisotopic (exact) mass is 650 g/mol. The third-order valence-electron chi connectivity index (χ3n) is 6.78. The molecule has 3 heterocycles. The molecule has 0 spiro atoms. The van der Waals surface area contributed by atoms with Gasteiger partial charge >= 0.3 is 5.97 Å². The fourth-order valence-electron chi connectivity index (χ4n) is 4.88. The van der Waals surface area contributed by atoms with Gasteiger partial charge in [0.2, 0.25) is 0 Å². The summed E-state index contributed by atoms with van der Waals surface area (Å²) in [6.07, 6.45) is 2.47. The van der Waals surface area contributed by atoms with Crippen LogP contribution in [0.3, 0.4) is 0 Å². The van der Waals surface area contributed by atoms with Crippen molar-refractivity contribution in [3.05, 3.63) is 101 Å². The first-order valence-corrected chi connectivity index (χ1v) is 15.2. The number of furan rings is 1. The first kappa shape index (κ1) is 29.6. The molecule has 42 heavy (non-hydrogen) atoms. The molecule has 0 aliphatic carbocycles. The number of carbonyl (C=O) groups is 1. The van der Waals surface area contributed by atoms with E-state index in [4.69, 9.17) is 18.6 Å². The van der Waals surface area contributed by atoms with E-state index in [1.807, 2.05) is 56.3 Å². The van der Waals surface area contributed by atoms with Crippen molar-refractivity contribution in [2.45, 2.75) is 40.2 Å². The molecule has 10 heteroatoms. The van der Waals surface area contributed by atoms with Crippen LogP contribution < -0.4 is 24.4 Å². The number of para-hydroxylation sites is 1. The Balaban J connectivity index is 1.68. The van der Waals surface area contributed by atoms with E-state index in [1.165, 1.54) is 15.9 Å². The van der Waals surface area contributed by atoms with Crippen LogP contribution >= 0.6 is 27.3 Å². The Morgan fingerprint density at radius 3 is 2.69 bits per heavy atom. The Morgan fingerprint density at radius 2 is 1.98 bits per heavy atom. The molecular formula is C32H31BrN2O6S. The van der Waals surface area contributed by atoms with Crippen LogP contribution in [0.25, 0.3) is 17.4 Å². The summed E-state index contributed by atoms with van der Waals surface area (Å²) >= 11 is 4.84. The molecule has 1 aliphatic heterocycles. The summed E-state index contributed by atoms with van der Waals surface area (Å²) in [5.41, 5.74) is 3.09. The highest BCUT2D eigenvalue weighted by Crippen LogP contribution is 2.41. The molecular weight excluding hydrogens is 620 g/mol. The minimum atomic E-state index is -0.833. The van der Waals surface area contributed by atoms with Crippen molar-refractivity contribution in [1.82, 2.24) is 4.57 Å². The molecule has 0 fully saturated rings. The fourth-order valence-corrected chi connectivity index (χ4v) is 6.59. The number of carbonyl (C=O) groups excluding carboxylic acids is 1. The van der Waals surface area contributed by atoms with E-state index in [1.54, 1.807) is 33.1 Å². The maximum absolute atomic E-state index is 14.1. The molecule has 218 valence electrons. The fraction of sp³-hybridized carbons (Fsp3) is 0.281. The molecule has 2 aromatic carbocycles. The van der Waals surface area contributed by atoms with Crippen LogP contribution in [0.15, 0.2) is 78.5 Å². The van der Waals surface area contributed by atoms with Gasteiger partial charge in [0.1, 0.15) is 17.6 Å². The summed E-state index contributed by atoms with van der Waals surface area (Å²) in [5, 5.41) is 0. The molecule has 4 aromatic rings. The number of aromatic nitrogens is 1. The van der Waals surface area contributed by atoms with E-state index in [2.05, 4.69) is 20.9 Å². The molecule has 0 saturated carbocycles. The van der Waals surface area contributed by atoms with Crippen LogP contribution in [-0.2, 0) is 9.53 Å². The zero-order valence-corrected chi connectivity index (χ0v) is 26.4. The van der Waals surface area contributed by atoms with E-state index < -0.39 is 12.0 Å². The molecule has 0 saturated heterocycles. The minimum Gasteiger partial charge on any atom is -0.493 e. The number of benzene rings is 2. The number of aryl methyl sites for hydroxylation is 1. The van der Waals surface area contributed by atoms with Crippen molar-refractivity contribution >= 4 is 39.3 Å². The maximum atomic E-state index is 14.1. The Bertz CT molecular complexity index is 1870. The number of fused-ring (bicyclic) bond motifs is 1. The zero-order valence-electron chi connectivity index (χ0n) is 24.0. The number of halogens is 1. The normalized spacial score (nSPS) is 14.9. The molecule has 0 N–H and O–H groups in total. The van der Waals surface area contributed by atoms with Gasteiger partial charge in [-0.15, -0.1) is 0 Å². The summed E-state index contributed by atoms with van der Waals surface area (Å²) in [4.78, 5) is 32.5. The lowest BCUT2D eigenvalue weighted by Gasteiger charge is -2.27. The summed E-state index contributed by atoms with van der Waals surface area (Å²) in [5.74, 6) is 1.63.